The summed E-state index contributed by atoms with van der Waals surface area (Å²) >= 11 is 0. The Hall–Kier alpha value is -2.82. The van der Waals surface area contributed by atoms with Crippen molar-refractivity contribution in [3.63, 3.8) is 0 Å². The average Bonchev–Trinajstić information content (AvgIpc) is 2.90. The van der Waals surface area contributed by atoms with Crippen LogP contribution in [0.1, 0.15) is 15.9 Å². The molecule has 0 radical (unpaired) electrons. The quantitative estimate of drug-likeness (QED) is 0.697. The van der Waals surface area contributed by atoms with Crippen molar-refractivity contribution in [1.29, 1.82) is 0 Å². The molecule has 0 saturated heterocycles. The van der Waals surface area contributed by atoms with Crippen molar-refractivity contribution in [2.24, 2.45) is 0 Å². The van der Waals surface area contributed by atoms with E-state index in [9.17, 15) is 4.79 Å². The zero-order valence-electron chi connectivity index (χ0n) is 12.7. The highest BCUT2D eigenvalue weighted by Gasteiger charge is 2.12. The van der Waals surface area contributed by atoms with Crippen molar-refractivity contribution in [2.75, 3.05) is 14.2 Å². The standard InChI is InChI=1S/C17H16N2O3/c1-11-10-19(13-5-7-16(21-2)18-9-13)15-6-4-12(8-14(11)15)17(20)22-3/h4-10H,1-3H3. The zero-order chi connectivity index (χ0) is 15.7. The van der Waals surface area contributed by atoms with Gasteiger partial charge in [0.25, 0.3) is 0 Å². The van der Waals surface area contributed by atoms with Crippen LogP contribution >= 0.6 is 0 Å². The number of aromatic nitrogens is 2. The van der Waals surface area contributed by atoms with Crippen LogP contribution in [0.2, 0.25) is 0 Å². The second kappa shape index (κ2) is 5.52. The van der Waals surface area contributed by atoms with Crippen molar-refractivity contribution in [3.05, 3.63) is 53.9 Å². The van der Waals surface area contributed by atoms with Gasteiger partial charge in [-0.1, -0.05) is 0 Å². The molecule has 2 aromatic heterocycles. The molecule has 0 aliphatic rings. The molecule has 5 heteroatoms. The molecule has 3 aromatic rings. The van der Waals surface area contributed by atoms with Gasteiger partial charge in [0, 0.05) is 17.6 Å². The summed E-state index contributed by atoms with van der Waals surface area (Å²) in [6.45, 7) is 2.01. The highest BCUT2D eigenvalue weighted by atomic mass is 16.5. The first-order valence-electron chi connectivity index (χ1n) is 6.84. The number of ether oxygens (including phenoxy) is 2. The number of pyridine rings is 1. The Morgan fingerprint density at radius 1 is 1.18 bits per heavy atom. The summed E-state index contributed by atoms with van der Waals surface area (Å²) in [7, 11) is 2.97. The van der Waals surface area contributed by atoms with E-state index in [2.05, 4.69) is 4.98 Å². The summed E-state index contributed by atoms with van der Waals surface area (Å²) in [6, 6.07) is 9.29. The van der Waals surface area contributed by atoms with E-state index in [1.54, 1.807) is 19.4 Å². The normalized spacial score (nSPS) is 10.7. The third kappa shape index (κ3) is 2.30. The number of aryl methyl sites for hydroxylation is 1. The summed E-state index contributed by atoms with van der Waals surface area (Å²) in [5.74, 6) is 0.241. The first-order valence-corrected chi connectivity index (χ1v) is 6.84. The lowest BCUT2D eigenvalue weighted by molar-refractivity contribution is 0.0601. The molecule has 5 nitrogen and oxygen atoms in total. The van der Waals surface area contributed by atoms with E-state index in [0.29, 0.717) is 11.4 Å². The summed E-state index contributed by atoms with van der Waals surface area (Å²) in [4.78, 5) is 15.9. The van der Waals surface area contributed by atoms with Crippen LogP contribution in [0.3, 0.4) is 0 Å². The summed E-state index contributed by atoms with van der Waals surface area (Å²) in [5.41, 5.74) is 3.57. The fraction of sp³-hybridized carbons (Fsp3) is 0.176. The predicted octanol–water partition coefficient (Wildman–Crippen LogP) is 3.13. The van der Waals surface area contributed by atoms with Crippen molar-refractivity contribution < 1.29 is 14.3 Å². The molecule has 0 atom stereocenters. The van der Waals surface area contributed by atoms with Gasteiger partial charge in [0.05, 0.1) is 37.2 Å². The number of fused-ring (bicyclic) bond motifs is 1. The van der Waals surface area contributed by atoms with Gasteiger partial charge < -0.3 is 14.0 Å². The van der Waals surface area contributed by atoms with E-state index in [-0.39, 0.29) is 5.97 Å². The molecule has 1 aromatic carbocycles. The number of hydrogen-bond donors (Lipinski definition) is 0. The molecule has 0 unspecified atom stereocenters. The molecule has 112 valence electrons. The van der Waals surface area contributed by atoms with Gasteiger partial charge in [-0.2, -0.15) is 0 Å². The Balaban J connectivity index is 2.12. The summed E-state index contributed by atoms with van der Waals surface area (Å²) < 4.78 is 11.9. The Morgan fingerprint density at radius 3 is 2.64 bits per heavy atom. The first kappa shape index (κ1) is 14.1. The van der Waals surface area contributed by atoms with Crippen molar-refractivity contribution in [1.82, 2.24) is 9.55 Å². The van der Waals surface area contributed by atoms with Gasteiger partial charge in [0.15, 0.2) is 0 Å². The van der Waals surface area contributed by atoms with Crippen molar-refractivity contribution in [3.8, 4) is 11.6 Å². The lowest BCUT2D eigenvalue weighted by Crippen LogP contribution is -2.01. The second-order valence-corrected chi connectivity index (χ2v) is 4.96. The summed E-state index contributed by atoms with van der Waals surface area (Å²) in [6.07, 6.45) is 3.78. The minimum absolute atomic E-state index is 0.333. The van der Waals surface area contributed by atoms with E-state index >= 15 is 0 Å². The molecule has 3 rings (SSSR count). The number of hydrogen-bond acceptors (Lipinski definition) is 4. The highest BCUT2D eigenvalue weighted by molar-refractivity contribution is 5.96. The van der Waals surface area contributed by atoms with Gasteiger partial charge in [-0.25, -0.2) is 9.78 Å². The lowest BCUT2D eigenvalue weighted by atomic mass is 10.1. The molecular weight excluding hydrogens is 280 g/mol. The first-order chi connectivity index (χ1) is 10.6. The minimum Gasteiger partial charge on any atom is -0.481 e. The largest absolute Gasteiger partial charge is 0.481 e. The summed E-state index contributed by atoms with van der Waals surface area (Å²) in [5, 5.41) is 1.01. The van der Waals surface area contributed by atoms with Crippen LogP contribution in [0.25, 0.3) is 16.6 Å². The van der Waals surface area contributed by atoms with E-state index in [4.69, 9.17) is 9.47 Å². The van der Waals surface area contributed by atoms with Crippen LogP contribution in [0.15, 0.2) is 42.7 Å². The molecule has 0 amide bonds. The maximum atomic E-state index is 11.7. The van der Waals surface area contributed by atoms with E-state index in [1.165, 1.54) is 7.11 Å². The number of methoxy groups -OCH3 is 2. The molecule has 0 N–H and O–H groups in total. The lowest BCUT2D eigenvalue weighted by Gasteiger charge is -2.06. The number of esters is 1. The molecule has 0 aliphatic heterocycles. The third-order valence-electron chi connectivity index (χ3n) is 3.63. The molecule has 2 heterocycles. The van der Waals surface area contributed by atoms with Gasteiger partial charge >= 0.3 is 5.97 Å². The van der Waals surface area contributed by atoms with Crippen LogP contribution in [0.5, 0.6) is 5.88 Å². The van der Waals surface area contributed by atoms with E-state index in [0.717, 1.165) is 22.2 Å². The molecule has 0 spiro atoms. The molecule has 0 fully saturated rings. The van der Waals surface area contributed by atoms with E-state index in [1.807, 2.05) is 42.0 Å². The monoisotopic (exact) mass is 296 g/mol. The minimum atomic E-state index is -0.333. The number of rotatable bonds is 3. The molecule has 22 heavy (non-hydrogen) atoms. The second-order valence-electron chi connectivity index (χ2n) is 4.96. The van der Waals surface area contributed by atoms with Gasteiger partial charge in [0.2, 0.25) is 5.88 Å². The Morgan fingerprint density at radius 2 is 2.00 bits per heavy atom. The van der Waals surface area contributed by atoms with Crippen molar-refractivity contribution >= 4 is 16.9 Å². The topological polar surface area (TPSA) is 53.4 Å². The fourth-order valence-electron chi connectivity index (χ4n) is 2.49. The van der Waals surface area contributed by atoms with Gasteiger partial charge in [0.1, 0.15) is 0 Å². The van der Waals surface area contributed by atoms with Crippen LogP contribution in [-0.4, -0.2) is 29.7 Å². The SMILES string of the molecule is COC(=O)c1ccc2c(c1)c(C)cn2-c1ccc(OC)nc1. The smallest absolute Gasteiger partial charge is 0.337 e. The van der Waals surface area contributed by atoms with Gasteiger partial charge in [-0.05, 0) is 36.8 Å². The van der Waals surface area contributed by atoms with Gasteiger partial charge in [-0.15, -0.1) is 0 Å². The number of benzene rings is 1. The highest BCUT2D eigenvalue weighted by Crippen LogP contribution is 2.26. The zero-order valence-corrected chi connectivity index (χ0v) is 12.7. The molecule has 0 saturated carbocycles. The number of nitrogens with zero attached hydrogens (tertiary/aromatic N) is 2. The van der Waals surface area contributed by atoms with Gasteiger partial charge in [-0.3, -0.25) is 0 Å². The van der Waals surface area contributed by atoms with E-state index < -0.39 is 0 Å². The maximum absolute atomic E-state index is 11.7. The van der Waals surface area contributed by atoms with Crippen LogP contribution in [-0.2, 0) is 4.74 Å². The molecular formula is C17H16N2O3. The third-order valence-corrected chi connectivity index (χ3v) is 3.63. The van der Waals surface area contributed by atoms with Crippen molar-refractivity contribution in [2.45, 2.75) is 6.92 Å². The molecule has 0 bridgehead atoms. The molecule has 0 aliphatic carbocycles. The fourth-order valence-corrected chi connectivity index (χ4v) is 2.49. The Kier molecular flexibility index (Phi) is 3.55. The van der Waals surface area contributed by atoms with Crippen LogP contribution in [0.4, 0.5) is 0 Å². The Bertz CT molecular complexity index is 835. The predicted molar refractivity (Wildman–Crippen MR) is 83.7 cm³/mol. The Labute approximate surface area is 128 Å². The number of carbonyl (C=O) groups is 1. The van der Waals surface area contributed by atoms with Crippen LogP contribution < -0.4 is 4.74 Å². The average molecular weight is 296 g/mol. The number of carbonyl (C=O) groups excluding carboxylic acids is 1. The van der Waals surface area contributed by atoms with Crippen LogP contribution in [0, 0.1) is 6.92 Å². The maximum Gasteiger partial charge on any atom is 0.337 e.